The molecule has 4 nitrogen and oxygen atoms in total. The molecule has 0 saturated carbocycles. The first-order chi connectivity index (χ1) is 8.35. The van der Waals surface area contributed by atoms with Crippen LogP contribution in [0.15, 0.2) is 23.1 Å². The highest BCUT2D eigenvalue weighted by atomic mass is 32.2. The molecule has 1 atom stereocenters. The molecule has 1 aromatic rings. The molecule has 0 aliphatic rings. The molecule has 0 radical (unpaired) electrons. The minimum atomic E-state index is -3.04. The molecule has 0 aromatic heterocycles. The largest absolute Gasteiger partial charge is 0.398 e. The number of rotatable bonds is 6. The number of sulfone groups is 1. The molecule has 1 rings (SSSR count). The number of anilines is 1. The van der Waals surface area contributed by atoms with Gasteiger partial charge in [0.15, 0.2) is 0 Å². The van der Waals surface area contributed by atoms with Gasteiger partial charge < -0.3 is 5.73 Å². The van der Waals surface area contributed by atoms with Gasteiger partial charge >= 0.3 is 0 Å². The van der Waals surface area contributed by atoms with Gasteiger partial charge in [0, 0.05) is 11.5 Å². The van der Waals surface area contributed by atoms with Crippen molar-refractivity contribution >= 4 is 26.3 Å². The Labute approximate surface area is 109 Å². The SMILES string of the molecule is CCS(=O)(=O)CCCS(=O)c1ccc(F)cc1N. The van der Waals surface area contributed by atoms with Crippen molar-refractivity contribution in [1.82, 2.24) is 0 Å². The van der Waals surface area contributed by atoms with E-state index in [1.54, 1.807) is 6.92 Å². The first-order valence-electron chi connectivity index (χ1n) is 5.49. The van der Waals surface area contributed by atoms with E-state index in [-0.39, 0.29) is 22.9 Å². The number of nitrogens with two attached hydrogens (primary N) is 1. The van der Waals surface area contributed by atoms with Crippen LogP contribution in [-0.2, 0) is 20.6 Å². The zero-order chi connectivity index (χ0) is 13.8. The van der Waals surface area contributed by atoms with E-state index < -0.39 is 26.5 Å². The van der Waals surface area contributed by atoms with Crippen LogP contribution in [0.4, 0.5) is 10.1 Å². The summed E-state index contributed by atoms with van der Waals surface area (Å²) in [5.41, 5.74) is 5.69. The molecule has 0 amide bonds. The predicted octanol–water partition coefficient (Wildman–Crippen LogP) is 1.34. The summed E-state index contributed by atoms with van der Waals surface area (Å²) in [5.74, 6) is -0.189. The Morgan fingerprint density at radius 2 is 2.06 bits per heavy atom. The Hall–Kier alpha value is -0.950. The van der Waals surface area contributed by atoms with Crippen LogP contribution in [0.3, 0.4) is 0 Å². The van der Waals surface area contributed by atoms with Gasteiger partial charge in [-0.05, 0) is 24.6 Å². The van der Waals surface area contributed by atoms with Gasteiger partial charge in [-0.3, -0.25) is 4.21 Å². The Morgan fingerprint density at radius 1 is 1.39 bits per heavy atom. The van der Waals surface area contributed by atoms with Crippen molar-refractivity contribution in [3.63, 3.8) is 0 Å². The van der Waals surface area contributed by atoms with E-state index in [4.69, 9.17) is 5.73 Å². The van der Waals surface area contributed by atoms with Crippen LogP contribution in [-0.4, -0.2) is 29.9 Å². The molecule has 18 heavy (non-hydrogen) atoms. The summed E-state index contributed by atoms with van der Waals surface area (Å²) in [5, 5.41) is 0. The lowest BCUT2D eigenvalue weighted by Gasteiger charge is -2.06. The standard InChI is InChI=1S/C11H16FNO3S2/c1-2-18(15,16)7-3-6-17(14)11-5-4-9(12)8-10(11)13/h4-5,8H,2-3,6-7,13H2,1H3. The summed E-state index contributed by atoms with van der Waals surface area (Å²) >= 11 is 0. The summed E-state index contributed by atoms with van der Waals surface area (Å²) < 4.78 is 47.2. The van der Waals surface area contributed by atoms with Crippen molar-refractivity contribution in [3.8, 4) is 0 Å². The third kappa shape index (κ3) is 4.38. The molecule has 0 spiro atoms. The first kappa shape index (κ1) is 15.1. The second kappa shape index (κ2) is 6.29. The molecule has 0 aliphatic carbocycles. The van der Waals surface area contributed by atoms with Crippen molar-refractivity contribution < 1.29 is 17.0 Å². The fourth-order valence-corrected chi connectivity index (χ4v) is 3.61. The average Bonchev–Trinajstić information content (AvgIpc) is 2.28. The summed E-state index contributed by atoms with van der Waals surface area (Å²) in [6.07, 6.45) is 0.305. The Morgan fingerprint density at radius 3 is 2.61 bits per heavy atom. The molecular weight excluding hydrogens is 277 g/mol. The van der Waals surface area contributed by atoms with Crippen LogP contribution in [0.25, 0.3) is 0 Å². The quantitative estimate of drug-likeness (QED) is 0.803. The van der Waals surface area contributed by atoms with Crippen LogP contribution in [0.5, 0.6) is 0 Å². The van der Waals surface area contributed by atoms with Gasteiger partial charge in [-0.15, -0.1) is 0 Å². The minimum absolute atomic E-state index is 0.0103. The van der Waals surface area contributed by atoms with E-state index in [1.165, 1.54) is 12.1 Å². The third-order valence-electron chi connectivity index (χ3n) is 2.44. The summed E-state index contributed by atoms with van der Waals surface area (Å²) in [7, 11) is -4.44. The molecule has 7 heteroatoms. The molecule has 1 unspecified atom stereocenters. The van der Waals surface area contributed by atoms with E-state index in [0.717, 1.165) is 6.07 Å². The van der Waals surface area contributed by atoms with E-state index >= 15 is 0 Å². The molecule has 0 saturated heterocycles. The maximum Gasteiger partial charge on any atom is 0.150 e. The Bertz CT molecular complexity index is 543. The normalized spacial score (nSPS) is 13.4. The van der Waals surface area contributed by atoms with Gasteiger partial charge in [-0.2, -0.15) is 0 Å². The van der Waals surface area contributed by atoms with Gasteiger partial charge in [0.1, 0.15) is 15.7 Å². The fourth-order valence-electron chi connectivity index (χ4n) is 1.39. The maximum atomic E-state index is 12.8. The highest BCUT2D eigenvalue weighted by Crippen LogP contribution is 2.18. The Kier molecular flexibility index (Phi) is 5.28. The Balaban J connectivity index is 2.61. The van der Waals surface area contributed by atoms with Crippen LogP contribution < -0.4 is 5.73 Å². The second-order valence-corrected chi connectivity index (χ2v) is 7.83. The average molecular weight is 293 g/mol. The van der Waals surface area contributed by atoms with Gasteiger partial charge in [-0.1, -0.05) is 6.92 Å². The molecule has 1 aromatic carbocycles. The predicted molar refractivity (Wildman–Crippen MR) is 71.0 cm³/mol. The summed E-state index contributed by atoms with van der Waals surface area (Å²) in [6.45, 7) is 1.57. The number of halogens is 1. The topological polar surface area (TPSA) is 77.2 Å². The van der Waals surface area contributed by atoms with Crippen LogP contribution >= 0.6 is 0 Å². The molecule has 0 fully saturated rings. The van der Waals surface area contributed by atoms with Crippen LogP contribution in [0.1, 0.15) is 13.3 Å². The van der Waals surface area contributed by atoms with Crippen molar-refractivity contribution in [3.05, 3.63) is 24.0 Å². The highest BCUT2D eigenvalue weighted by Gasteiger charge is 2.12. The molecule has 0 bridgehead atoms. The molecule has 102 valence electrons. The van der Waals surface area contributed by atoms with Gasteiger partial charge in [-0.25, -0.2) is 12.8 Å². The zero-order valence-corrected chi connectivity index (χ0v) is 11.7. The summed E-state index contributed by atoms with van der Waals surface area (Å²) in [4.78, 5) is 0.352. The van der Waals surface area contributed by atoms with Gasteiger partial charge in [0.25, 0.3) is 0 Å². The van der Waals surface area contributed by atoms with E-state index in [2.05, 4.69) is 0 Å². The van der Waals surface area contributed by atoms with Crippen molar-refractivity contribution in [1.29, 1.82) is 0 Å². The van der Waals surface area contributed by atoms with Crippen molar-refractivity contribution in [2.75, 3.05) is 23.0 Å². The molecule has 2 N–H and O–H groups in total. The van der Waals surface area contributed by atoms with Crippen LogP contribution in [0.2, 0.25) is 0 Å². The van der Waals surface area contributed by atoms with Crippen LogP contribution in [0, 0.1) is 5.82 Å². The lowest BCUT2D eigenvalue weighted by molar-refractivity contribution is 0.596. The van der Waals surface area contributed by atoms with E-state index in [0.29, 0.717) is 11.3 Å². The van der Waals surface area contributed by atoms with E-state index in [9.17, 15) is 17.0 Å². The number of nitrogen functional groups attached to an aromatic ring is 1. The molecular formula is C11H16FNO3S2. The first-order valence-corrected chi connectivity index (χ1v) is 8.63. The highest BCUT2D eigenvalue weighted by molar-refractivity contribution is 7.91. The van der Waals surface area contributed by atoms with E-state index in [1.807, 2.05) is 0 Å². The number of hydrogen-bond acceptors (Lipinski definition) is 4. The fraction of sp³-hybridized carbons (Fsp3) is 0.455. The monoisotopic (exact) mass is 293 g/mol. The van der Waals surface area contributed by atoms with Gasteiger partial charge in [0.05, 0.1) is 27.1 Å². The number of benzene rings is 1. The lowest BCUT2D eigenvalue weighted by atomic mass is 10.3. The van der Waals surface area contributed by atoms with Crippen molar-refractivity contribution in [2.24, 2.45) is 0 Å². The third-order valence-corrected chi connectivity index (χ3v) is 5.75. The second-order valence-electron chi connectivity index (χ2n) is 3.82. The minimum Gasteiger partial charge on any atom is -0.398 e. The number of hydrogen-bond donors (Lipinski definition) is 1. The maximum absolute atomic E-state index is 12.8. The molecule has 0 aliphatic heterocycles. The lowest BCUT2D eigenvalue weighted by Crippen LogP contribution is -2.12. The smallest absolute Gasteiger partial charge is 0.150 e. The van der Waals surface area contributed by atoms with Crippen molar-refractivity contribution in [2.45, 2.75) is 18.2 Å². The van der Waals surface area contributed by atoms with Gasteiger partial charge in [0.2, 0.25) is 0 Å². The molecule has 0 heterocycles. The summed E-state index contributed by atoms with van der Waals surface area (Å²) in [6, 6.07) is 3.66. The zero-order valence-electron chi connectivity index (χ0n) is 10.1.